The number of carbonyl (C=O) groups excluding carboxylic acids is 1. The highest BCUT2D eigenvalue weighted by molar-refractivity contribution is 7.90. The van der Waals surface area contributed by atoms with Crippen LogP contribution in [0.5, 0.6) is 0 Å². The molecule has 0 saturated heterocycles. The Morgan fingerprint density at radius 1 is 1.20 bits per heavy atom. The van der Waals surface area contributed by atoms with Gasteiger partial charge >= 0.3 is 0 Å². The molecule has 0 atom stereocenters. The zero-order valence-corrected chi connectivity index (χ0v) is 8.26. The third-order valence-electron chi connectivity index (χ3n) is 1.65. The summed E-state index contributed by atoms with van der Waals surface area (Å²) in [4.78, 5) is 11.1. The Hall–Kier alpha value is -1.98. The van der Waals surface area contributed by atoms with E-state index in [0.29, 0.717) is 0 Å². The fourth-order valence-electron chi connectivity index (χ4n) is 1.12. The zero-order chi connectivity index (χ0) is 11.5. The number of sulfonamides is 1. The van der Waals surface area contributed by atoms with Gasteiger partial charge in [0, 0.05) is 0 Å². The first-order chi connectivity index (χ1) is 7.03. The SMILES string of the molecule is N=C=N.O=C1NS(=O)(=O)c2ccccc21. The molecule has 1 amide bonds. The van der Waals surface area contributed by atoms with E-state index in [1.54, 1.807) is 12.1 Å². The molecule has 2 rings (SSSR count). The van der Waals surface area contributed by atoms with Gasteiger partial charge in [0.05, 0.1) is 11.6 Å². The van der Waals surface area contributed by atoms with Crippen LogP contribution in [0.2, 0.25) is 0 Å². The van der Waals surface area contributed by atoms with Gasteiger partial charge in [-0.25, -0.2) is 24.0 Å². The van der Waals surface area contributed by atoms with Crippen molar-refractivity contribution in [2.45, 2.75) is 4.90 Å². The lowest BCUT2D eigenvalue weighted by Gasteiger charge is -1.91. The van der Waals surface area contributed by atoms with Crippen molar-refractivity contribution in [2.75, 3.05) is 0 Å². The van der Waals surface area contributed by atoms with Gasteiger partial charge in [-0.05, 0) is 12.1 Å². The Kier molecular flexibility index (Phi) is 2.99. The summed E-state index contributed by atoms with van der Waals surface area (Å²) in [5, 5.41) is 11.2. The van der Waals surface area contributed by atoms with Gasteiger partial charge < -0.3 is 0 Å². The van der Waals surface area contributed by atoms with Gasteiger partial charge in [0.25, 0.3) is 15.9 Å². The molecule has 1 aliphatic heterocycles. The van der Waals surface area contributed by atoms with Crippen LogP contribution in [0.1, 0.15) is 10.4 Å². The van der Waals surface area contributed by atoms with E-state index in [1.807, 2.05) is 4.72 Å². The van der Waals surface area contributed by atoms with Crippen LogP contribution in [-0.4, -0.2) is 20.3 Å². The fraction of sp³-hybridized carbons (Fsp3) is 0. The van der Waals surface area contributed by atoms with Crippen molar-refractivity contribution in [3.05, 3.63) is 29.8 Å². The number of hydrogen-bond acceptors (Lipinski definition) is 5. The predicted octanol–water partition coefficient (Wildman–Crippen LogP) is 0.437. The molecular weight excluding hydrogens is 218 g/mol. The first-order valence-electron chi connectivity index (χ1n) is 3.77. The molecule has 78 valence electrons. The van der Waals surface area contributed by atoms with Gasteiger partial charge in [-0.2, -0.15) is 0 Å². The molecule has 1 heterocycles. The molecule has 0 radical (unpaired) electrons. The molecule has 0 aliphatic carbocycles. The van der Waals surface area contributed by atoms with Crippen LogP contribution < -0.4 is 4.72 Å². The molecule has 0 unspecified atom stereocenters. The zero-order valence-electron chi connectivity index (χ0n) is 7.44. The van der Waals surface area contributed by atoms with Crippen LogP contribution in [0.15, 0.2) is 29.2 Å². The molecule has 1 aromatic carbocycles. The molecule has 0 aromatic heterocycles. The molecule has 0 fully saturated rings. The third kappa shape index (κ3) is 2.09. The van der Waals surface area contributed by atoms with Gasteiger partial charge in [0.15, 0.2) is 0 Å². The lowest BCUT2D eigenvalue weighted by atomic mass is 10.2. The Labute approximate surface area is 86.0 Å². The molecule has 0 bridgehead atoms. The maximum atomic E-state index is 11.1. The maximum Gasteiger partial charge on any atom is 0.266 e. The summed E-state index contributed by atoms with van der Waals surface area (Å²) in [5.41, 5.74) is 0.220. The average molecular weight is 225 g/mol. The van der Waals surface area contributed by atoms with Crippen LogP contribution >= 0.6 is 0 Å². The topological polar surface area (TPSA) is 111 Å². The summed E-state index contributed by atoms with van der Waals surface area (Å²) in [7, 11) is -3.55. The summed E-state index contributed by atoms with van der Waals surface area (Å²) < 4.78 is 24.2. The van der Waals surface area contributed by atoms with E-state index in [1.165, 1.54) is 18.1 Å². The predicted molar refractivity (Wildman–Crippen MR) is 51.5 cm³/mol. The lowest BCUT2D eigenvalue weighted by Crippen LogP contribution is -2.20. The van der Waals surface area contributed by atoms with E-state index in [-0.39, 0.29) is 10.5 Å². The van der Waals surface area contributed by atoms with Crippen molar-refractivity contribution in [2.24, 2.45) is 0 Å². The lowest BCUT2D eigenvalue weighted by molar-refractivity contribution is 0.0985. The van der Waals surface area contributed by atoms with E-state index in [2.05, 4.69) is 0 Å². The van der Waals surface area contributed by atoms with Crippen molar-refractivity contribution in [3.8, 4) is 0 Å². The van der Waals surface area contributed by atoms with Gasteiger partial charge in [-0.3, -0.25) is 4.79 Å². The van der Waals surface area contributed by atoms with Gasteiger partial charge in [0.1, 0.15) is 4.90 Å². The normalized spacial score (nSPS) is 15.3. The second-order valence-corrected chi connectivity index (χ2v) is 4.21. The number of carbonyl (C=O) groups is 1. The number of rotatable bonds is 0. The Bertz CT molecular complexity index is 530. The van der Waals surface area contributed by atoms with Crippen molar-refractivity contribution in [1.29, 1.82) is 10.8 Å². The van der Waals surface area contributed by atoms with Crippen molar-refractivity contribution in [3.63, 3.8) is 0 Å². The van der Waals surface area contributed by atoms with Crippen LogP contribution in [0, 0.1) is 10.8 Å². The fourth-order valence-corrected chi connectivity index (χ4v) is 2.29. The average Bonchev–Trinajstić information content (AvgIpc) is 2.40. The van der Waals surface area contributed by atoms with Crippen molar-refractivity contribution in [1.82, 2.24) is 4.72 Å². The minimum absolute atomic E-state index is 0.0648. The standard InChI is InChI=1S/C7H5NO3S.CH2N2/c9-7-5-3-1-2-4-6(5)12(10,11)8-7;2-1-3/h1-4H,(H,8,9);2-3H. The van der Waals surface area contributed by atoms with Gasteiger partial charge in [-0.1, -0.05) is 12.1 Å². The smallest absolute Gasteiger partial charge is 0.266 e. The summed E-state index contributed by atoms with van der Waals surface area (Å²) in [6.07, 6.45) is 0. The van der Waals surface area contributed by atoms with Gasteiger partial charge in [0.2, 0.25) is 0 Å². The van der Waals surface area contributed by atoms with E-state index in [4.69, 9.17) is 10.8 Å². The highest BCUT2D eigenvalue weighted by Gasteiger charge is 2.31. The van der Waals surface area contributed by atoms with E-state index >= 15 is 0 Å². The number of nitrogens with one attached hydrogen (secondary N) is 3. The van der Waals surface area contributed by atoms with Crippen LogP contribution in [-0.2, 0) is 10.0 Å². The molecule has 0 saturated carbocycles. The highest BCUT2D eigenvalue weighted by Crippen LogP contribution is 2.20. The summed E-state index contributed by atoms with van der Waals surface area (Å²) in [6.45, 7) is 0. The summed E-state index contributed by atoms with van der Waals surface area (Å²) in [6, 6.07) is 7.34. The van der Waals surface area contributed by atoms with E-state index in [0.717, 1.165) is 0 Å². The van der Waals surface area contributed by atoms with E-state index in [9.17, 15) is 13.2 Å². The highest BCUT2D eigenvalue weighted by atomic mass is 32.2. The first-order valence-corrected chi connectivity index (χ1v) is 5.26. The molecule has 0 spiro atoms. The molecule has 6 nitrogen and oxygen atoms in total. The summed E-state index contributed by atoms with van der Waals surface area (Å²) >= 11 is 0. The first kappa shape index (κ1) is 11.1. The molecule has 7 heteroatoms. The second kappa shape index (κ2) is 4.04. The van der Waals surface area contributed by atoms with Crippen LogP contribution in [0.3, 0.4) is 0 Å². The minimum atomic E-state index is -3.55. The minimum Gasteiger partial charge on any atom is -0.268 e. The molecule has 3 N–H and O–H groups in total. The molecule has 15 heavy (non-hydrogen) atoms. The maximum absolute atomic E-state index is 11.1. The second-order valence-electron chi connectivity index (χ2n) is 2.56. The summed E-state index contributed by atoms with van der Waals surface area (Å²) in [5.74, 6) is -0.550. The number of hydrogen-bond donors (Lipinski definition) is 3. The monoisotopic (exact) mass is 225 g/mol. The van der Waals surface area contributed by atoms with E-state index < -0.39 is 15.9 Å². The number of benzene rings is 1. The molecule has 1 aliphatic rings. The van der Waals surface area contributed by atoms with Crippen LogP contribution in [0.25, 0.3) is 0 Å². The van der Waals surface area contributed by atoms with Crippen molar-refractivity contribution >= 4 is 21.9 Å². The van der Waals surface area contributed by atoms with Crippen LogP contribution in [0.4, 0.5) is 0 Å². The number of amides is 1. The van der Waals surface area contributed by atoms with Gasteiger partial charge in [-0.15, -0.1) is 0 Å². The third-order valence-corrected chi connectivity index (χ3v) is 3.04. The van der Waals surface area contributed by atoms with Crippen molar-refractivity contribution < 1.29 is 13.2 Å². The Morgan fingerprint density at radius 2 is 1.73 bits per heavy atom. The number of fused-ring (bicyclic) bond motifs is 1. The Morgan fingerprint density at radius 3 is 2.27 bits per heavy atom. The Balaban J connectivity index is 0.000000337. The molecular formula is C8H7N3O3S. The quantitative estimate of drug-likeness (QED) is 0.557. The molecule has 1 aromatic rings. The largest absolute Gasteiger partial charge is 0.268 e.